The number of hydrogen-bond acceptors (Lipinski definition) is 1. The molecule has 1 aliphatic heterocycles. The fraction of sp³-hybridized carbons (Fsp3) is 0.647. The Hall–Kier alpha value is -0.890. The van der Waals surface area contributed by atoms with Gasteiger partial charge in [0.05, 0.1) is 0 Å². The third-order valence-corrected chi connectivity index (χ3v) is 5.02. The summed E-state index contributed by atoms with van der Waals surface area (Å²) in [5, 5.41) is 0. The van der Waals surface area contributed by atoms with Gasteiger partial charge in [0.25, 0.3) is 0 Å². The van der Waals surface area contributed by atoms with Crippen LogP contribution in [0.3, 0.4) is 0 Å². The molecule has 0 unspecified atom stereocenters. The van der Waals surface area contributed by atoms with E-state index in [-0.39, 0.29) is 11.4 Å². The molecule has 1 saturated carbocycles. The highest BCUT2D eigenvalue weighted by molar-refractivity contribution is 5.26. The van der Waals surface area contributed by atoms with E-state index in [1.54, 1.807) is 12.1 Å². The zero-order valence-electron chi connectivity index (χ0n) is 11.7. The molecule has 0 aromatic heterocycles. The highest BCUT2D eigenvalue weighted by Crippen LogP contribution is 2.42. The van der Waals surface area contributed by atoms with Gasteiger partial charge in [0.2, 0.25) is 0 Å². The minimum Gasteiger partial charge on any atom is -0.294 e. The molecule has 0 bridgehead atoms. The summed E-state index contributed by atoms with van der Waals surface area (Å²) in [6.07, 6.45) is 10.5. The van der Waals surface area contributed by atoms with Crippen LogP contribution in [-0.2, 0) is 5.54 Å². The van der Waals surface area contributed by atoms with E-state index in [4.69, 9.17) is 0 Å². The van der Waals surface area contributed by atoms with E-state index < -0.39 is 0 Å². The molecule has 19 heavy (non-hydrogen) atoms. The number of rotatable bonds is 2. The summed E-state index contributed by atoms with van der Waals surface area (Å²) < 4.78 is 13.2. The van der Waals surface area contributed by atoms with Gasteiger partial charge in [-0.15, -0.1) is 0 Å². The summed E-state index contributed by atoms with van der Waals surface area (Å²) in [5.74, 6) is -0.117. The highest BCUT2D eigenvalue weighted by atomic mass is 19.1. The second-order valence-corrected chi connectivity index (χ2v) is 6.15. The molecule has 2 aliphatic rings. The molecule has 0 spiro atoms. The van der Waals surface area contributed by atoms with Crippen LogP contribution in [0, 0.1) is 5.82 Å². The molecule has 2 fully saturated rings. The first-order chi connectivity index (χ1) is 9.31. The largest absolute Gasteiger partial charge is 0.294 e. The SMILES string of the molecule is Fc1ccc(C2(N3CCCC3)CCCCCC2)cc1. The van der Waals surface area contributed by atoms with Crippen LogP contribution in [0.15, 0.2) is 24.3 Å². The topological polar surface area (TPSA) is 3.24 Å². The molecule has 0 N–H and O–H groups in total. The molecule has 3 rings (SSSR count). The summed E-state index contributed by atoms with van der Waals surface area (Å²) in [6, 6.07) is 7.33. The molecule has 1 aromatic rings. The van der Waals surface area contributed by atoms with Gasteiger partial charge in [-0.1, -0.05) is 37.8 Å². The molecule has 1 saturated heterocycles. The molecule has 0 atom stereocenters. The maximum absolute atomic E-state index is 13.2. The summed E-state index contributed by atoms with van der Waals surface area (Å²) in [5.41, 5.74) is 1.54. The first-order valence-electron chi connectivity index (χ1n) is 7.82. The van der Waals surface area contributed by atoms with E-state index in [1.807, 2.05) is 12.1 Å². The van der Waals surface area contributed by atoms with Gasteiger partial charge >= 0.3 is 0 Å². The average molecular weight is 261 g/mol. The van der Waals surface area contributed by atoms with Crippen molar-refractivity contribution in [2.45, 2.75) is 56.9 Å². The standard InChI is InChI=1S/C17H24FN/c18-16-9-7-15(8-10-16)17(19-13-5-6-14-19)11-3-1-2-4-12-17/h7-10H,1-6,11-14H2. The van der Waals surface area contributed by atoms with Crippen molar-refractivity contribution in [3.05, 3.63) is 35.6 Å². The fourth-order valence-corrected chi connectivity index (χ4v) is 4.01. The predicted octanol–water partition coefficient (Wildman–Crippen LogP) is 4.47. The minimum absolute atomic E-state index is 0.117. The second-order valence-electron chi connectivity index (χ2n) is 6.15. The van der Waals surface area contributed by atoms with Crippen molar-refractivity contribution in [1.29, 1.82) is 0 Å². The van der Waals surface area contributed by atoms with Crippen LogP contribution < -0.4 is 0 Å². The normalized spacial score (nSPS) is 24.3. The molecule has 1 nitrogen and oxygen atoms in total. The molecule has 0 amide bonds. The lowest BCUT2D eigenvalue weighted by molar-refractivity contribution is 0.0956. The summed E-state index contributed by atoms with van der Waals surface area (Å²) in [6.45, 7) is 2.44. The molecular weight excluding hydrogens is 237 g/mol. The molecule has 104 valence electrons. The first-order valence-corrected chi connectivity index (χ1v) is 7.82. The van der Waals surface area contributed by atoms with E-state index in [1.165, 1.54) is 70.0 Å². The van der Waals surface area contributed by atoms with Crippen molar-refractivity contribution >= 4 is 0 Å². The minimum atomic E-state index is -0.117. The van der Waals surface area contributed by atoms with Crippen LogP contribution in [0.2, 0.25) is 0 Å². The lowest BCUT2D eigenvalue weighted by atomic mass is 9.81. The van der Waals surface area contributed by atoms with Crippen molar-refractivity contribution in [2.24, 2.45) is 0 Å². The number of nitrogens with zero attached hydrogens (tertiary/aromatic N) is 1. The zero-order chi connectivity index (χ0) is 13.1. The predicted molar refractivity (Wildman–Crippen MR) is 76.6 cm³/mol. The first kappa shape index (κ1) is 13.1. The third-order valence-electron chi connectivity index (χ3n) is 5.02. The number of likely N-dealkylation sites (tertiary alicyclic amines) is 1. The monoisotopic (exact) mass is 261 g/mol. The Balaban J connectivity index is 1.96. The van der Waals surface area contributed by atoms with Crippen LogP contribution in [0.1, 0.15) is 56.9 Å². The molecule has 1 heterocycles. The van der Waals surface area contributed by atoms with E-state index >= 15 is 0 Å². The summed E-state index contributed by atoms with van der Waals surface area (Å²) in [7, 11) is 0. The van der Waals surface area contributed by atoms with E-state index in [0.717, 1.165) is 0 Å². The zero-order valence-corrected chi connectivity index (χ0v) is 11.7. The lowest BCUT2D eigenvalue weighted by Gasteiger charge is -2.42. The van der Waals surface area contributed by atoms with Crippen LogP contribution >= 0.6 is 0 Å². The van der Waals surface area contributed by atoms with E-state index in [2.05, 4.69) is 4.90 Å². The van der Waals surface area contributed by atoms with Gasteiger partial charge in [-0.3, -0.25) is 4.90 Å². The van der Waals surface area contributed by atoms with Gasteiger partial charge in [0.15, 0.2) is 0 Å². The van der Waals surface area contributed by atoms with Crippen LogP contribution in [0.4, 0.5) is 4.39 Å². The Kier molecular flexibility index (Phi) is 3.88. The van der Waals surface area contributed by atoms with Gasteiger partial charge in [-0.25, -0.2) is 4.39 Å². The Morgan fingerprint density at radius 1 is 0.789 bits per heavy atom. The molecule has 1 aromatic carbocycles. The summed E-state index contributed by atoms with van der Waals surface area (Å²) >= 11 is 0. The van der Waals surface area contributed by atoms with Crippen LogP contribution in [0.25, 0.3) is 0 Å². The fourth-order valence-electron chi connectivity index (χ4n) is 4.01. The van der Waals surface area contributed by atoms with E-state index in [0.29, 0.717) is 0 Å². The van der Waals surface area contributed by atoms with Gasteiger partial charge < -0.3 is 0 Å². The van der Waals surface area contributed by atoms with E-state index in [9.17, 15) is 4.39 Å². The smallest absolute Gasteiger partial charge is 0.123 e. The number of halogens is 1. The Morgan fingerprint density at radius 2 is 1.37 bits per heavy atom. The maximum Gasteiger partial charge on any atom is 0.123 e. The quantitative estimate of drug-likeness (QED) is 0.710. The van der Waals surface area contributed by atoms with Crippen LogP contribution in [-0.4, -0.2) is 18.0 Å². The molecule has 0 radical (unpaired) electrons. The van der Waals surface area contributed by atoms with Gasteiger partial charge in [0, 0.05) is 5.54 Å². The van der Waals surface area contributed by atoms with Gasteiger partial charge in [-0.2, -0.15) is 0 Å². The van der Waals surface area contributed by atoms with Crippen molar-refractivity contribution in [3.8, 4) is 0 Å². The Labute approximate surface area is 115 Å². The Morgan fingerprint density at radius 3 is 1.95 bits per heavy atom. The Bertz CT molecular complexity index is 398. The van der Waals surface area contributed by atoms with Crippen molar-refractivity contribution in [2.75, 3.05) is 13.1 Å². The van der Waals surface area contributed by atoms with Gasteiger partial charge in [-0.05, 0) is 56.5 Å². The lowest BCUT2D eigenvalue weighted by Crippen LogP contribution is -2.44. The van der Waals surface area contributed by atoms with Crippen LogP contribution in [0.5, 0.6) is 0 Å². The van der Waals surface area contributed by atoms with Crippen molar-refractivity contribution in [1.82, 2.24) is 4.90 Å². The van der Waals surface area contributed by atoms with Crippen molar-refractivity contribution in [3.63, 3.8) is 0 Å². The third kappa shape index (κ3) is 2.55. The number of hydrogen-bond donors (Lipinski definition) is 0. The maximum atomic E-state index is 13.2. The molecule has 1 aliphatic carbocycles. The average Bonchev–Trinajstić information content (AvgIpc) is 2.86. The highest BCUT2D eigenvalue weighted by Gasteiger charge is 2.39. The molecule has 2 heteroatoms. The second kappa shape index (κ2) is 5.62. The molecular formula is C17H24FN. The van der Waals surface area contributed by atoms with Gasteiger partial charge in [0.1, 0.15) is 5.82 Å². The number of benzene rings is 1. The summed E-state index contributed by atoms with van der Waals surface area (Å²) in [4.78, 5) is 2.69. The van der Waals surface area contributed by atoms with Crippen molar-refractivity contribution < 1.29 is 4.39 Å².